The van der Waals surface area contributed by atoms with Gasteiger partial charge in [-0.1, -0.05) is 34.1 Å². The molecule has 2 aromatic carbocycles. The normalized spacial score (nSPS) is 10.6. The molecule has 0 radical (unpaired) electrons. The number of nitrogens with zero attached hydrogens (tertiary/aromatic N) is 1. The van der Waals surface area contributed by atoms with Gasteiger partial charge in [0.2, 0.25) is 0 Å². The van der Waals surface area contributed by atoms with Gasteiger partial charge in [0.05, 0.1) is 0 Å². The topological polar surface area (TPSA) is 34.1 Å². The van der Waals surface area contributed by atoms with E-state index in [0.29, 0.717) is 13.2 Å². The zero-order chi connectivity index (χ0) is 17.5. The zero-order valence-corrected chi connectivity index (χ0v) is 15.2. The van der Waals surface area contributed by atoms with Crippen molar-refractivity contribution >= 4 is 15.9 Å². The van der Waals surface area contributed by atoms with Gasteiger partial charge < -0.3 is 10.1 Å². The van der Waals surface area contributed by atoms with E-state index < -0.39 is 0 Å². The molecule has 0 atom stereocenters. The molecule has 0 bridgehead atoms. The lowest BCUT2D eigenvalue weighted by atomic mass is 10.2. The van der Waals surface area contributed by atoms with Crippen LogP contribution in [0.5, 0.6) is 5.75 Å². The van der Waals surface area contributed by atoms with Gasteiger partial charge in [-0.2, -0.15) is 0 Å². The van der Waals surface area contributed by atoms with E-state index in [9.17, 15) is 4.39 Å². The van der Waals surface area contributed by atoms with Crippen LogP contribution >= 0.6 is 15.9 Å². The van der Waals surface area contributed by atoms with E-state index in [4.69, 9.17) is 4.74 Å². The number of nitrogens with one attached hydrogen (secondary N) is 1. The van der Waals surface area contributed by atoms with Crippen LogP contribution in [-0.4, -0.2) is 4.98 Å². The second-order valence-electron chi connectivity index (χ2n) is 5.63. The first-order chi connectivity index (χ1) is 12.2. The third kappa shape index (κ3) is 5.37. The monoisotopic (exact) mass is 400 g/mol. The van der Waals surface area contributed by atoms with Crippen molar-refractivity contribution in [1.82, 2.24) is 10.3 Å². The molecule has 3 nitrogen and oxygen atoms in total. The van der Waals surface area contributed by atoms with Gasteiger partial charge in [-0.05, 0) is 47.5 Å². The Morgan fingerprint density at radius 1 is 1.00 bits per heavy atom. The van der Waals surface area contributed by atoms with Crippen molar-refractivity contribution in [2.75, 3.05) is 0 Å². The van der Waals surface area contributed by atoms with Crippen molar-refractivity contribution in [2.24, 2.45) is 0 Å². The lowest BCUT2D eigenvalue weighted by molar-refractivity contribution is 0.302. The molecule has 3 aromatic rings. The molecule has 1 N–H and O–H groups in total. The second-order valence-corrected chi connectivity index (χ2v) is 6.55. The maximum absolute atomic E-state index is 13.0. The molecule has 128 valence electrons. The summed E-state index contributed by atoms with van der Waals surface area (Å²) in [5.41, 5.74) is 3.12. The summed E-state index contributed by atoms with van der Waals surface area (Å²) in [7, 11) is 0. The Labute approximate surface area is 155 Å². The largest absolute Gasteiger partial charge is 0.489 e. The zero-order valence-electron chi connectivity index (χ0n) is 13.6. The first kappa shape index (κ1) is 17.6. The third-order valence-electron chi connectivity index (χ3n) is 3.70. The standard InChI is InChI=1S/C20H18BrFN2O/c21-18-5-8-20(25-14-15-3-6-19(22)7-4-15)17(10-18)13-24-12-16-2-1-9-23-11-16/h1-11,24H,12-14H2. The fraction of sp³-hybridized carbons (Fsp3) is 0.150. The molecule has 1 aromatic heterocycles. The number of pyridine rings is 1. The lowest BCUT2D eigenvalue weighted by Gasteiger charge is -2.13. The summed E-state index contributed by atoms with van der Waals surface area (Å²) in [5.74, 6) is 0.568. The Morgan fingerprint density at radius 2 is 1.84 bits per heavy atom. The lowest BCUT2D eigenvalue weighted by Crippen LogP contribution is -2.13. The van der Waals surface area contributed by atoms with Crippen molar-refractivity contribution < 1.29 is 9.13 Å². The Morgan fingerprint density at radius 3 is 2.60 bits per heavy atom. The highest BCUT2D eigenvalue weighted by Gasteiger charge is 2.06. The minimum atomic E-state index is -0.243. The molecule has 25 heavy (non-hydrogen) atoms. The van der Waals surface area contributed by atoms with E-state index in [2.05, 4.69) is 26.2 Å². The minimum Gasteiger partial charge on any atom is -0.489 e. The first-order valence-corrected chi connectivity index (χ1v) is 8.75. The molecule has 0 amide bonds. The molecule has 0 unspecified atom stereocenters. The van der Waals surface area contributed by atoms with Crippen LogP contribution in [-0.2, 0) is 19.7 Å². The molecule has 0 spiro atoms. The van der Waals surface area contributed by atoms with E-state index in [1.54, 1.807) is 18.3 Å². The maximum Gasteiger partial charge on any atom is 0.124 e. The van der Waals surface area contributed by atoms with Gasteiger partial charge in [-0.15, -0.1) is 0 Å². The smallest absolute Gasteiger partial charge is 0.124 e. The van der Waals surface area contributed by atoms with Gasteiger partial charge in [-0.25, -0.2) is 4.39 Å². The number of benzene rings is 2. The van der Waals surface area contributed by atoms with Crippen LogP contribution in [0.1, 0.15) is 16.7 Å². The predicted octanol–water partition coefficient (Wildman–Crippen LogP) is 4.85. The van der Waals surface area contributed by atoms with E-state index in [1.807, 2.05) is 36.5 Å². The molecular formula is C20H18BrFN2O. The maximum atomic E-state index is 13.0. The highest BCUT2D eigenvalue weighted by molar-refractivity contribution is 9.10. The van der Waals surface area contributed by atoms with Crippen molar-refractivity contribution in [1.29, 1.82) is 0 Å². The molecular weight excluding hydrogens is 383 g/mol. The number of rotatable bonds is 7. The quantitative estimate of drug-likeness (QED) is 0.615. The fourth-order valence-corrected chi connectivity index (χ4v) is 2.82. The van der Waals surface area contributed by atoms with E-state index in [1.165, 1.54) is 12.1 Å². The molecule has 0 saturated carbocycles. The van der Waals surface area contributed by atoms with Gasteiger partial charge >= 0.3 is 0 Å². The van der Waals surface area contributed by atoms with Crippen molar-refractivity contribution in [2.45, 2.75) is 19.7 Å². The molecule has 0 aliphatic heterocycles. The third-order valence-corrected chi connectivity index (χ3v) is 4.19. The van der Waals surface area contributed by atoms with Gasteiger partial charge in [0.15, 0.2) is 0 Å². The molecule has 3 rings (SSSR count). The fourth-order valence-electron chi connectivity index (χ4n) is 2.41. The van der Waals surface area contributed by atoms with Crippen molar-refractivity contribution in [3.63, 3.8) is 0 Å². The Kier molecular flexibility index (Phi) is 6.14. The second kappa shape index (κ2) is 8.74. The molecule has 0 fully saturated rings. The highest BCUT2D eigenvalue weighted by Crippen LogP contribution is 2.24. The van der Waals surface area contributed by atoms with E-state index in [0.717, 1.165) is 33.5 Å². The number of halogens is 2. The van der Waals surface area contributed by atoms with Crippen molar-refractivity contribution in [3.05, 3.63) is 94.0 Å². The number of aromatic nitrogens is 1. The summed E-state index contributed by atoms with van der Waals surface area (Å²) in [5, 5.41) is 3.40. The SMILES string of the molecule is Fc1ccc(COc2ccc(Br)cc2CNCc2cccnc2)cc1. The molecule has 0 aliphatic carbocycles. The molecule has 0 aliphatic rings. The van der Waals surface area contributed by atoms with Crippen LogP contribution in [0.15, 0.2) is 71.5 Å². The van der Waals surface area contributed by atoms with Gasteiger partial charge in [0.1, 0.15) is 18.2 Å². The molecule has 1 heterocycles. The van der Waals surface area contributed by atoms with Gasteiger partial charge in [-0.3, -0.25) is 4.98 Å². The Balaban J connectivity index is 1.62. The highest BCUT2D eigenvalue weighted by atomic mass is 79.9. The summed E-state index contributed by atoms with van der Waals surface area (Å²) < 4.78 is 19.9. The summed E-state index contributed by atoms with van der Waals surface area (Å²) in [6, 6.07) is 16.2. The summed E-state index contributed by atoms with van der Waals surface area (Å²) in [6.07, 6.45) is 3.61. The van der Waals surface area contributed by atoms with Gasteiger partial charge in [0, 0.05) is 35.5 Å². The Hall–Kier alpha value is -2.24. The van der Waals surface area contributed by atoms with E-state index in [-0.39, 0.29) is 5.82 Å². The summed E-state index contributed by atoms with van der Waals surface area (Å²) in [4.78, 5) is 4.11. The number of ether oxygens (including phenoxy) is 1. The van der Waals surface area contributed by atoms with Crippen molar-refractivity contribution in [3.8, 4) is 5.75 Å². The summed E-state index contributed by atoms with van der Waals surface area (Å²) in [6.45, 7) is 1.81. The summed E-state index contributed by atoms with van der Waals surface area (Å²) >= 11 is 3.50. The first-order valence-electron chi connectivity index (χ1n) is 7.96. The average Bonchev–Trinajstić information content (AvgIpc) is 2.63. The van der Waals surface area contributed by atoms with Crippen LogP contribution in [0.3, 0.4) is 0 Å². The minimum absolute atomic E-state index is 0.243. The number of hydrogen-bond donors (Lipinski definition) is 1. The van der Waals surface area contributed by atoms with Crippen LogP contribution in [0.4, 0.5) is 4.39 Å². The van der Waals surface area contributed by atoms with Gasteiger partial charge in [0.25, 0.3) is 0 Å². The van der Waals surface area contributed by atoms with Crippen LogP contribution in [0.25, 0.3) is 0 Å². The van der Waals surface area contributed by atoms with Crippen LogP contribution in [0.2, 0.25) is 0 Å². The molecule has 5 heteroatoms. The van der Waals surface area contributed by atoms with Crippen LogP contribution in [0, 0.1) is 5.82 Å². The predicted molar refractivity (Wildman–Crippen MR) is 99.7 cm³/mol. The average molecular weight is 401 g/mol. The van der Waals surface area contributed by atoms with Crippen LogP contribution < -0.4 is 10.1 Å². The number of hydrogen-bond acceptors (Lipinski definition) is 3. The van der Waals surface area contributed by atoms with E-state index >= 15 is 0 Å². The Bertz CT molecular complexity index is 810. The molecule has 0 saturated heterocycles.